The van der Waals surface area contributed by atoms with Crippen LogP contribution in [0.2, 0.25) is 0 Å². The Kier molecular flexibility index (Phi) is 4.71. The molecule has 7 nitrogen and oxygen atoms in total. The van der Waals surface area contributed by atoms with Crippen molar-refractivity contribution in [1.29, 1.82) is 0 Å². The van der Waals surface area contributed by atoms with Gasteiger partial charge in [-0.05, 0) is 25.7 Å². The molecular formula is C10H20N2O5S. The van der Waals surface area contributed by atoms with Crippen molar-refractivity contribution in [2.75, 3.05) is 19.6 Å². The summed E-state index contributed by atoms with van der Waals surface area (Å²) in [5.41, 5.74) is -2.10. The number of hydrogen-bond acceptors (Lipinski definition) is 4. The molecule has 0 saturated carbocycles. The molecule has 1 aliphatic heterocycles. The molecule has 0 aliphatic carbocycles. The van der Waals surface area contributed by atoms with Gasteiger partial charge >= 0.3 is 5.97 Å². The van der Waals surface area contributed by atoms with Gasteiger partial charge in [-0.15, -0.1) is 0 Å². The van der Waals surface area contributed by atoms with Gasteiger partial charge in [0.1, 0.15) is 0 Å². The van der Waals surface area contributed by atoms with Gasteiger partial charge in [0.2, 0.25) is 0 Å². The molecule has 0 aromatic rings. The third-order valence-corrected chi connectivity index (χ3v) is 4.54. The van der Waals surface area contributed by atoms with Crippen LogP contribution in [0.4, 0.5) is 0 Å². The average Bonchev–Trinajstić information content (AvgIpc) is 2.26. The van der Waals surface area contributed by atoms with Crippen LogP contribution < -0.4 is 4.72 Å². The second-order valence-electron chi connectivity index (χ2n) is 5.01. The van der Waals surface area contributed by atoms with Gasteiger partial charge in [0, 0.05) is 13.1 Å². The van der Waals surface area contributed by atoms with Crippen molar-refractivity contribution in [2.45, 2.75) is 32.3 Å². The van der Waals surface area contributed by atoms with Crippen LogP contribution in [-0.4, -0.2) is 54.1 Å². The van der Waals surface area contributed by atoms with Crippen molar-refractivity contribution >= 4 is 16.2 Å². The molecule has 1 rings (SSSR count). The van der Waals surface area contributed by atoms with Gasteiger partial charge in [0.25, 0.3) is 10.2 Å². The maximum atomic E-state index is 11.9. The van der Waals surface area contributed by atoms with Crippen molar-refractivity contribution < 1.29 is 23.4 Å². The van der Waals surface area contributed by atoms with Gasteiger partial charge in [0.15, 0.2) is 5.60 Å². The molecule has 0 spiro atoms. The summed E-state index contributed by atoms with van der Waals surface area (Å²) in [5, 5.41) is 18.2. The Morgan fingerprint density at radius 1 is 1.56 bits per heavy atom. The third-order valence-electron chi connectivity index (χ3n) is 3.02. The van der Waals surface area contributed by atoms with Crippen LogP contribution >= 0.6 is 0 Å². The normalized spacial score (nSPS) is 25.6. The second-order valence-corrected chi connectivity index (χ2v) is 6.77. The highest BCUT2D eigenvalue weighted by Crippen LogP contribution is 2.17. The summed E-state index contributed by atoms with van der Waals surface area (Å²) in [6, 6.07) is 0. The quantitative estimate of drug-likeness (QED) is 0.622. The van der Waals surface area contributed by atoms with E-state index in [1.807, 2.05) is 6.92 Å². The molecule has 2 unspecified atom stereocenters. The van der Waals surface area contributed by atoms with Gasteiger partial charge < -0.3 is 10.2 Å². The maximum absolute atomic E-state index is 11.9. The molecule has 18 heavy (non-hydrogen) atoms. The lowest BCUT2D eigenvalue weighted by atomic mass is 10.0. The van der Waals surface area contributed by atoms with Crippen LogP contribution in [0.5, 0.6) is 0 Å². The van der Waals surface area contributed by atoms with Gasteiger partial charge in [0.05, 0.1) is 6.54 Å². The fourth-order valence-electron chi connectivity index (χ4n) is 1.76. The van der Waals surface area contributed by atoms with Crippen LogP contribution in [0, 0.1) is 5.92 Å². The Bertz CT molecular complexity index is 406. The van der Waals surface area contributed by atoms with Crippen molar-refractivity contribution in [3.8, 4) is 0 Å². The van der Waals surface area contributed by atoms with E-state index in [9.17, 15) is 18.3 Å². The number of nitrogens with zero attached hydrogens (tertiary/aromatic N) is 1. The Balaban J connectivity index is 2.62. The summed E-state index contributed by atoms with van der Waals surface area (Å²) in [5.74, 6) is -1.17. The summed E-state index contributed by atoms with van der Waals surface area (Å²) in [4.78, 5) is 10.7. The van der Waals surface area contributed by atoms with E-state index in [4.69, 9.17) is 5.11 Å². The highest BCUT2D eigenvalue weighted by atomic mass is 32.2. The van der Waals surface area contributed by atoms with Crippen LogP contribution in [0.15, 0.2) is 0 Å². The van der Waals surface area contributed by atoms with Crippen LogP contribution in [0.1, 0.15) is 26.7 Å². The molecule has 0 aromatic heterocycles. The smallest absolute Gasteiger partial charge is 0.336 e. The number of hydrogen-bond donors (Lipinski definition) is 3. The topological polar surface area (TPSA) is 107 Å². The van der Waals surface area contributed by atoms with Gasteiger partial charge in [-0.1, -0.05) is 6.92 Å². The molecule has 0 bridgehead atoms. The molecule has 1 aliphatic rings. The van der Waals surface area contributed by atoms with Crippen LogP contribution in [0.3, 0.4) is 0 Å². The van der Waals surface area contributed by atoms with Crippen molar-refractivity contribution in [3.05, 3.63) is 0 Å². The molecule has 106 valence electrons. The minimum Gasteiger partial charge on any atom is -0.479 e. The highest BCUT2D eigenvalue weighted by Gasteiger charge is 2.34. The summed E-state index contributed by atoms with van der Waals surface area (Å²) < 4.78 is 27.3. The maximum Gasteiger partial charge on any atom is 0.336 e. The van der Waals surface area contributed by atoms with E-state index >= 15 is 0 Å². The molecule has 0 amide bonds. The monoisotopic (exact) mass is 280 g/mol. The largest absolute Gasteiger partial charge is 0.479 e. The summed E-state index contributed by atoms with van der Waals surface area (Å²) in [6.07, 6.45) is 1.77. The van der Waals surface area contributed by atoms with Crippen molar-refractivity contribution in [2.24, 2.45) is 5.92 Å². The Morgan fingerprint density at radius 3 is 2.67 bits per heavy atom. The fourth-order valence-corrected chi connectivity index (χ4v) is 3.23. The number of piperidine rings is 1. The van der Waals surface area contributed by atoms with Crippen LogP contribution in [-0.2, 0) is 15.0 Å². The first kappa shape index (κ1) is 15.4. The van der Waals surface area contributed by atoms with Crippen LogP contribution in [0.25, 0.3) is 0 Å². The molecule has 0 radical (unpaired) electrons. The number of rotatable bonds is 5. The second kappa shape index (κ2) is 5.52. The Morgan fingerprint density at radius 2 is 2.17 bits per heavy atom. The lowest BCUT2D eigenvalue weighted by Gasteiger charge is -2.30. The summed E-state index contributed by atoms with van der Waals surface area (Å²) >= 11 is 0. The average molecular weight is 280 g/mol. The summed E-state index contributed by atoms with van der Waals surface area (Å²) in [7, 11) is -3.72. The number of aliphatic hydroxyl groups is 1. The van der Waals surface area contributed by atoms with E-state index in [0.29, 0.717) is 13.1 Å². The van der Waals surface area contributed by atoms with Gasteiger partial charge in [-0.3, -0.25) is 0 Å². The number of aliphatic carboxylic acids is 1. The lowest BCUT2D eigenvalue weighted by molar-refractivity contribution is -0.155. The summed E-state index contributed by atoms with van der Waals surface area (Å²) in [6.45, 7) is 3.32. The standard InChI is InChI=1S/C10H20N2O5S/c1-8-4-3-5-12(6-8)18(16,17)11-7-10(2,15)9(13)14/h8,11,15H,3-7H2,1-2H3,(H,13,14). The zero-order valence-electron chi connectivity index (χ0n) is 10.6. The molecule has 0 aromatic carbocycles. The molecule has 2 atom stereocenters. The van der Waals surface area contributed by atoms with E-state index in [2.05, 4.69) is 4.72 Å². The first-order valence-corrected chi connectivity index (χ1v) is 7.29. The van der Waals surface area contributed by atoms with Crippen molar-refractivity contribution in [1.82, 2.24) is 9.03 Å². The minimum atomic E-state index is -3.72. The predicted octanol–water partition coefficient (Wildman–Crippen LogP) is -0.612. The minimum absolute atomic E-state index is 0.287. The van der Waals surface area contributed by atoms with E-state index in [0.717, 1.165) is 19.8 Å². The zero-order valence-corrected chi connectivity index (χ0v) is 11.4. The lowest BCUT2D eigenvalue weighted by Crippen LogP contribution is -2.52. The number of carboxylic acids is 1. The van der Waals surface area contributed by atoms with Gasteiger partial charge in [-0.2, -0.15) is 17.4 Å². The van der Waals surface area contributed by atoms with E-state index < -0.39 is 28.3 Å². The Hall–Kier alpha value is -0.700. The molecule has 1 saturated heterocycles. The molecule has 3 N–H and O–H groups in total. The number of nitrogens with one attached hydrogen (secondary N) is 1. The van der Waals surface area contributed by atoms with Gasteiger partial charge in [-0.25, -0.2) is 4.79 Å². The predicted molar refractivity (Wildman–Crippen MR) is 65.2 cm³/mol. The zero-order chi connectivity index (χ0) is 14.0. The number of carbonyl (C=O) groups is 1. The van der Waals surface area contributed by atoms with E-state index in [1.54, 1.807) is 0 Å². The number of carboxylic acid groups (broad SMARTS) is 1. The SMILES string of the molecule is CC1CCCN(S(=O)(=O)NCC(C)(O)C(=O)O)C1. The van der Waals surface area contributed by atoms with E-state index in [-0.39, 0.29) is 5.92 Å². The highest BCUT2D eigenvalue weighted by molar-refractivity contribution is 7.87. The van der Waals surface area contributed by atoms with Crippen molar-refractivity contribution in [3.63, 3.8) is 0 Å². The first-order valence-electron chi connectivity index (χ1n) is 5.85. The van der Waals surface area contributed by atoms with E-state index in [1.165, 1.54) is 4.31 Å². The fraction of sp³-hybridized carbons (Fsp3) is 0.900. The molecular weight excluding hydrogens is 260 g/mol. The first-order chi connectivity index (χ1) is 8.15. The third kappa shape index (κ3) is 3.91. The molecule has 1 heterocycles. The molecule has 1 fully saturated rings. The molecule has 8 heteroatoms. The Labute approximate surface area is 107 Å².